The van der Waals surface area contributed by atoms with Crippen LogP contribution in [-0.2, 0) is 10.4 Å². The van der Waals surface area contributed by atoms with Crippen LogP contribution in [0.1, 0.15) is 0 Å². The summed E-state index contributed by atoms with van der Waals surface area (Å²) in [7, 11) is 5.45. The van der Waals surface area contributed by atoms with Crippen LogP contribution in [0.4, 0.5) is 0 Å². The lowest BCUT2D eigenvalue weighted by Gasteiger charge is -2.01. The fourth-order valence-corrected chi connectivity index (χ4v) is 1.38. The molecule has 0 saturated carbocycles. The lowest BCUT2D eigenvalue weighted by atomic mass is 10.3. The highest BCUT2D eigenvalue weighted by Gasteiger charge is 2.07. The molecule has 1 unspecified atom stereocenters. The average molecular weight is 191 g/mol. The van der Waals surface area contributed by atoms with Crippen LogP contribution in [0.5, 0.6) is 5.75 Å². The monoisotopic (exact) mass is 190 g/mol. The van der Waals surface area contributed by atoms with Crippen LogP contribution in [0, 0.1) is 0 Å². The second kappa shape index (κ2) is 3.85. The van der Waals surface area contributed by atoms with Crippen LogP contribution < -0.4 is 4.74 Å². The van der Waals surface area contributed by atoms with Gasteiger partial charge in [-0.05, 0) is 12.1 Å². The molecule has 0 N–H and O–H groups in total. The minimum Gasteiger partial charge on any atom is -0.594 e. The van der Waals surface area contributed by atoms with Crippen molar-refractivity contribution in [2.45, 2.75) is 4.90 Å². The van der Waals surface area contributed by atoms with Crippen molar-refractivity contribution < 1.29 is 9.29 Å². The van der Waals surface area contributed by atoms with E-state index in [2.05, 4.69) is 0 Å². The Morgan fingerprint density at radius 1 is 1.55 bits per heavy atom. The van der Waals surface area contributed by atoms with Gasteiger partial charge in [0.2, 0.25) is 0 Å². The van der Waals surface area contributed by atoms with E-state index in [0.717, 1.165) is 0 Å². The van der Waals surface area contributed by atoms with E-state index in [4.69, 9.17) is 15.4 Å². The van der Waals surface area contributed by atoms with Gasteiger partial charge in [0.15, 0.2) is 15.6 Å². The fourth-order valence-electron chi connectivity index (χ4n) is 0.701. The van der Waals surface area contributed by atoms with Gasteiger partial charge in [0, 0.05) is 6.07 Å². The van der Waals surface area contributed by atoms with Crippen molar-refractivity contribution in [1.29, 1.82) is 0 Å². The number of halogens is 1. The first-order valence-corrected chi connectivity index (χ1v) is 4.93. The molecular formula is C7H7ClO2S. The van der Waals surface area contributed by atoms with E-state index < -0.39 is 10.4 Å². The predicted molar refractivity (Wildman–Crippen MR) is 45.3 cm³/mol. The molecule has 1 aromatic carbocycles. The number of rotatable bonds is 2. The third-order valence-electron chi connectivity index (χ3n) is 1.23. The van der Waals surface area contributed by atoms with Crippen molar-refractivity contribution in [1.82, 2.24) is 0 Å². The molecule has 60 valence electrons. The van der Waals surface area contributed by atoms with E-state index in [0.29, 0.717) is 10.6 Å². The first-order valence-electron chi connectivity index (χ1n) is 2.96. The Balaban J connectivity index is 2.91. The van der Waals surface area contributed by atoms with E-state index in [1.165, 1.54) is 0 Å². The number of hydrogen-bond donors (Lipinski definition) is 0. The van der Waals surface area contributed by atoms with Crippen LogP contribution in [-0.4, -0.2) is 11.7 Å². The fraction of sp³-hybridized carbons (Fsp3) is 0.143. The molecular weight excluding hydrogens is 184 g/mol. The molecule has 0 spiro atoms. The van der Waals surface area contributed by atoms with Crippen molar-refractivity contribution >= 4 is 21.1 Å². The SMILES string of the molecule is COc1cccc([S+]([O-])Cl)c1. The second-order valence-electron chi connectivity index (χ2n) is 1.90. The lowest BCUT2D eigenvalue weighted by Crippen LogP contribution is -1.91. The molecule has 1 aromatic rings. The normalized spacial score (nSPS) is 12.6. The molecule has 4 heteroatoms. The highest BCUT2D eigenvalue weighted by atomic mass is 35.7. The molecule has 0 amide bonds. The van der Waals surface area contributed by atoms with Crippen molar-refractivity contribution in [3.8, 4) is 5.75 Å². The van der Waals surface area contributed by atoms with Gasteiger partial charge in [-0.3, -0.25) is 0 Å². The first-order chi connectivity index (χ1) is 5.24. The second-order valence-corrected chi connectivity index (χ2v) is 3.66. The maximum atomic E-state index is 10.7. The Labute approximate surface area is 72.8 Å². The van der Waals surface area contributed by atoms with Crippen LogP contribution in [0.3, 0.4) is 0 Å². The standard InChI is InChI=1S/C7H7ClO2S/c1-10-6-3-2-4-7(5-6)11(8)9/h2-5H,1H3. The van der Waals surface area contributed by atoms with Gasteiger partial charge in [-0.25, -0.2) is 0 Å². The van der Waals surface area contributed by atoms with Gasteiger partial charge < -0.3 is 9.29 Å². The van der Waals surface area contributed by atoms with E-state index in [9.17, 15) is 4.55 Å². The minimum atomic E-state index is -1.45. The zero-order valence-corrected chi connectivity index (χ0v) is 7.48. The Bertz CT molecular complexity index is 240. The molecule has 0 bridgehead atoms. The summed E-state index contributed by atoms with van der Waals surface area (Å²) in [5.74, 6) is 0.663. The van der Waals surface area contributed by atoms with Gasteiger partial charge in [-0.1, -0.05) is 6.07 Å². The van der Waals surface area contributed by atoms with Gasteiger partial charge in [0.05, 0.1) is 7.11 Å². The summed E-state index contributed by atoms with van der Waals surface area (Å²) in [5, 5.41) is 0. The number of methoxy groups -OCH3 is 1. The third-order valence-corrected chi connectivity index (χ3v) is 2.39. The maximum Gasteiger partial charge on any atom is 0.181 e. The van der Waals surface area contributed by atoms with Crippen LogP contribution >= 0.6 is 10.7 Å². The number of benzene rings is 1. The van der Waals surface area contributed by atoms with Crippen molar-refractivity contribution in [3.05, 3.63) is 24.3 Å². The van der Waals surface area contributed by atoms with Crippen LogP contribution in [0.15, 0.2) is 29.2 Å². The van der Waals surface area contributed by atoms with Gasteiger partial charge in [0.1, 0.15) is 16.1 Å². The van der Waals surface area contributed by atoms with Gasteiger partial charge >= 0.3 is 0 Å². The molecule has 11 heavy (non-hydrogen) atoms. The Morgan fingerprint density at radius 3 is 2.82 bits per heavy atom. The number of ether oxygens (including phenoxy) is 1. The highest BCUT2D eigenvalue weighted by molar-refractivity contribution is 8.13. The summed E-state index contributed by atoms with van der Waals surface area (Å²) in [4.78, 5) is 0.561. The Kier molecular flexibility index (Phi) is 3.05. The predicted octanol–water partition coefficient (Wildman–Crippen LogP) is 1.96. The van der Waals surface area contributed by atoms with Crippen LogP contribution in [0.2, 0.25) is 0 Å². The summed E-state index contributed by atoms with van der Waals surface area (Å²) in [5.41, 5.74) is 0. The summed E-state index contributed by atoms with van der Waals surface area (Å²) >= 11 is 0. The molecule has 0 radical (unpaired) electrons. The average Bonchev–Trinajstić information content (AvgIpc) is 2.05. The molecule has 0 aliphatic rings. The molecule has 0 aliphatic carbocycles. The summed E-state index contributed by atoms with van der Waals surface area (Å²) < 4.78 is 15.6. The molecule has 2 nitrogen and oxygen atoms in total. The van der Waals surface area contributed by atoms with E-state index in [-0.39, 0.29) is 0 Å². The van der Waals surface area contributed by atoms with Gasteiger partial charge in [-0.2, -0.15) is 0 Å². The molecule has 0 heterocycles. The number of hydrogen-bond acceptors (Lipinski definition) is 2. The quantitative estimate of drug-likeness (QED) is 0.668. The molecule has 0 aliphatic heterocycles. The van der Waals surface area contributed by atoms with Crippen LogP contribution in [0.25, 0.3) is 0 Å². The summed E-state index contributed by atoms with van der Waals surface area (Å²) in [6.07, 6.45) is 0. The Morgan fingerprint density at radius 2 is 2.27 bits per heavy atom. The summed E-state index contributed by atoms with van der Waals surface area (Å²) in [6, 6.07) is 6.84. The van der Waals surface area contributed by atoms with Crippen molar-refractivity contribution in [3.63, 3.8) is 0 Å². The smallest absolute Gasteiger partial charge is 0.181 e. The first kappa shape index (κ1) is 8.71. The molecule has 1 rings (SSSR count). The topological polar surface area (TPSA) is 32.3 Å². The molecule has 0 aromatic heterocycles. The zero-order valence-electron chi connectivity index (χ0n) is 5.91. The largest absolute Gasteiger partial charge is 0.594 e. The van der Waals surface area contributed by atoms with Crippen molar-refractivity contribution in [2.24, 2.45) is 0 Å². The van der Waals surface area contributed by atoms with Gasteiger partial charge in [0.25, 0.3) is 0 Å². The zero-order chi connectivity index (χ0) is 8.27. The Hall–Kier alpha value is -0.380. The third kappa shape index (κ3) is 2.29. The van der Waals surface area contributed by atoms with E-state index in [1.807, 2.05) is 0 Å². The minimum absolute atomic E-state index is 0.561. The van der Waals surface area contributed by atoms with Gasteiger partial charge in [-0.15, -0.1) is 0 Å². The summed E-state index contributed by atoms with van der Waals surface area (Å²) in [6.45, 7) is 0. The maximum absolute atomic E-state index is 10.7. The molecule has 0 fully saturated rings. The van der Waals surface area contributed by atoms with E-state index >= 15 is 0 Å². The molecule has 1 atom stereocenters. The van der Waals surface area contributed by atoms with E-state index in [1.54, 1.807) is 31.4 Å². The van der Waals surface area contributed by atoms with Crippen molar-refractivity contribution in [2.75, 3.05) is 7.11 Å². The highest BCUT2D eigenvalue weighted by Crippen LogP contribution is 2.19. The lowest BCUT2D eigenvalue weighted by molar-refractivity contribution is 0.413. The molecule has 0 saturated heterocycles.